The van der Waals surface area contributed by atoms with Gasteiger partial charge in [-0.3, -0.25) is 19.7 Å². The summed E-state index contributed by atoms with van der Waals surface area (Å²) in [6, 6.07) is 7.97. The minimum Gasteiger partial charge on any atom is -0.322 e. The van der Waals surface area contributed by atoms with Gasteiger partial charge in [-0.2, -0.15) is 0 Å². The molecule has 26 heavy (non-hydrogen) atoms. The van der Waals surface area contributed by atoms with Crippen LogP contribution in [0.2, 0.25) is 0 Å². The molecule has 1 aliphatic rings. The van der Waals surface area contributed by atoms with Crippen molar-refractivity contribution in [3.05, 3.63) is 64.0 Å². The van der Waals surface area contributed by atoms with Crippen LogP contribution in [0.25, 0.3) is 0 Å². The van der Waals surface area contributed by atoms with Gasteiger partial charge >= 0.3 is 0 Å². The maximum atomic E-state index is 13.7. The van der Waals surface area contributed by atoms with Crippen molar-refractivity contribution in [2.75, 3.05) is 11.9 Å². The number of halogens is 1. The Kier molecular flexibility index (Phi) is 4.16. The van der Waals surface area contributed by atoms with Crippen molar-refractivity contribution in [1.29, 1.82) is 0 Å². The van der Waals surface area contributed by atoms with E-state index in [9.17, 15) is 32.5 Å². The molecule has 0 aromatic heterocycles. The average Bonchev–Trinajstić information content (AvgIpc) is 2.78. The van der Waals surface area contributed by atoms with Crippen LogP contribution in [0.4, 0.5) is 15.8 Å². The van der Waals surface area contributed by atoms with E-state index >= 15 is 0 Å². The van der Waals surface area contributed by atoms with Gasteiger partial charge in [0.2, 0.25) is 5.91 Å². The van der Waals surface area contributed by atoms with Gasteiger partial charge in [0.1, 0.15) is 17.3 Å². The largest absolute Gasteiger partial charge is 0.322 e. The predicted octanol–water partition coefficient (Wildman–Crippen LogP) is 1.52. The third-order valence-corrected chi connectivity index (χ3v) is 5.42. The highest BCUT2D eigenvalue weighted by molar-refractivity contribution is 7.90. The third kappa shape index (κ3) is 2.88. The number of nitrogens with zero attached hydrogens (tertiary/aromatic N) is 2. The fraction of sp³-hybridized carbons (Fsp3) is 0.0667. The van der Waals surface area contributed by atoms with Crippen LogP contribution in [-0.2, 0) is 14.8 Å². The van der Waals surface area contributed by atoms with Crippen LogP contribution in [0, 0.1) is 15.9 Å². The Labute approximate surface area is 146 Å². The molecule has 11 heteroatoms. The monoisotopic (exact) mass is 379 g/mol. The molecule has 2 amide bonds. The number of hydrogen-bond acceptors (Lipinski definition) is 6. The molecule has 0 fully saturated rings. The van der Waals surface area contributed by atoms with Crippen molar-refractivity contribution in [3.8, 4) is 0 Å². The highest BCUT2D eigenvalue weighted by Crippen LogP contribution is 2.29. The number of amides is 2. The van der Waals surface area contributed by atoms with E-state index in [1.165, 1.54) is 24.3 Å². The Morgan fingerprint density at radius 2 is 1.92 bits per heavy atom. The Hall–Kier alpha value is -3.34. The average molecular weight is 379 g/mol. The fourth-order valence-corrected chi connectivity index (χ4v) is 3.96. The fourth-order valence-electron chi connectivity index (χ4n) is 2.43. The summed E-state index contributed by atoms with van der Waals surface area (Å²) in [5.41, 5.74) is -1.02. The van der Waals surface area contributed by atoms with E-state index in [1.807, 2.05) is 5.32 Å². The molecule has 0 saturated heterocycles. The number of fused-ring (bicyclic) bond motifs is 1. The van der Waals surface area contributed by atoms with E-state index in [0.29, 0.717) is 4.31 Å². The zero-order valence-corrected chi connectivity index (χ0v) is 13.7. The molecule has 0 spiro atoms. The second-order valence-corrected chi connectivity index (χ2v) is 7.11. The zero-order chi connectivity index (χ0) is 19.1. The molecule has 3 rings (SSSR count). The lowest BCUT2D eigenvalue weighted by Crippen LogP contribution is -2.37. The number of carbonyl (C=O) groups is 2. The zero-order valence-electron chi connectivity index (χ0n) is 12.9. The normalized spacial score (nSPS) is 14.8. The summed E-state index contributed by atoms with van der Waals surface area (Å²) in [6.45, 7) is -0.891. The van der Waals surface area contributed by atoms with Crippen LogP contribution < -0.4 is 5.32 Å². The molecule has 0 bridgehead atoms. The summed E-state index contributed by atoms with van der Waals surface area (Å²) < 4.78 is 38.8. The number of nitro benzene ring substituents is 1. The van der Waals surface area contributed by atoms with Crippen LogP contribution in [-0.4, -0.2) is 36.0 Å². The molecule has 0 saturated carbocycles. The van der Waals surface area contributed by atoms with Gasteiger partial charge < -0.3 is 5.32 Å². The number of benzene rings is 2. The predicted molar refractivity (Wildman–Crippen MR) is 86.3 cm³/mol. The van der Waals surface area contributed by atoms with E-state index in [2.05, 4.69) is 0 Å². The SMILES string of the molecule is O=C(CN1C(=O)c2ccccc2S1(=O)=O)Nc1cc([N+](=O)[O-])ccc1F. The molecule has 9 nitrogen and oxygen atoms in total. The van der Waals surface area contributed by atoms with E-state index in [-0.39, 0.29) is 10.5 Å². The van der Waals surface area contributed by atoms with E-state index in [4.69, 9.17) is 0 Å². The van der Waals surface area contributed by atoms with Gasteiger partial charge in [0, 0.05) is 12.1 Å². The van der Waals surface area contributed by atoms with Crippen LogP contribution in [0.5, 0.6) is 0 Å². The van der Waals surface area contributed by atoms with Crippen molar-refractivity contribution in [2.45, 2.75) is 4.90 Å². The van der Waals surface area contributed by atoms with Gasteiger partial charge in [0.25, 0.3) is 21.6 Å². The maximum Gasteiger partial charge on any atom is 0.271 e. The van der Waals surface area contributed by atoms with Gasteiger partial charge in [-0.15, -0.1) is 0 Å². The first-order chi connectivity index (χ1) is 12.2. The summed E-state index contributed by atoms with van der Waals surface area (Å²) in [6.07, 6.45) is 0. The lowest BCUT2D eigenvalue weighted by atomic mass is 10.2. The first-order valence-corrected chi connectivity index (χ1v) is 8.55. The molecule has 0 radical (unpaired) electrons. The minimum absolute atomic E-state index is 0.0678. The topological polar surface area (TPSA) is 127 Å². The van der Waals surface area contributed by atoms with Gasteiger partial charge in [-0.05, 0) is 18.2 Å². The smallest absolute Gasteiger partial charge is 0.271 e. The molecule has 1 aliphatic heterocycles. The third-order valence-electron chi connectivity index (χ3n) is 3.63. The Morgan fingerprint density at radius 1 is 1.23 bits per heavy atom. The molecular weight excluding hydrogens is 369 g/mol. The number of nitrogens with one attached hydrogen (secondary N) is 1. The van der Waals surface area contributed by atoms with Gasteiger partial charge in [-0.1, -0.05) is 12.1 Å². The van der Waals surface area contributed by atoms with Crippen LogP contribution >= 0.6 is 0 Å². The molecular formula is C15H10FN3O6S. The second kappa shape index (κ2) is 6.19. The maximum absolute atomic E-state index is 13.7. The summed E-state index contributed by atoms with van der Waals surface area (Å²) >= 11 is 0. The molecule has 134 valence electrons. The first kappa shape index (κ1) is 17.5. The Bertz CT molecular complexity index is 1050. The van der Waals surface area contributed by atoms with Crippen molar-refractivity contribution in [2.24, 2.45) is 0 Å². The highest BCUT2D eigenvalue weighted by atomic mass is 32.2. The van der Waals surface area contributed by atoms with Gasteiger partial charge in [0.05, 0.1) is 16.2 Å². The molecule has 2 aromatic rings. The number of hydrogen-bond donors (Lipinski definition) is 1. The number of non-ortho nitro benzene ring substituents is 1. The van der Waals surface area contributed by atoms with Gasteiger partial charge in [0.15, 0.2) is 0 Å². The minimum atomic E-state index is -4.19. The Balaban J connectivity index is 1.83. The second-order valence-electron chi connectivity index (χ2n) is 5.28. The Morgan fingerprint density at radius 3 is 2.58 bits per heavy atom. The van der Waals surface area contributed by atoms with Crippen LogP contribution in [0.15, 0.2) is 47.4 Å². The molecule has 0 atom stereocenters. The molecule has 0 aliphatic carbocycles. The number of carbonyl (C=O) groups excluding carboxylic acids is 2. The molecule has 0 unspecified atom stereocenters. The van der Waals surface area contributed by atoms with E-state index in [0.717, 1.165) is 18.2 Å². The van der Waals surface area contributed by atoms with Gasteiger partial charge in [-0.25, -0.2) is 17.1 Å². The van der Waals surface area contributed by atoms with Crippen molar-refractivity contribution < 1.29 is 27.3 Å². The lowest BCUT2D eigenvalue weighted by Gasteiger charge is -2.15. The van der Waals surface area contributed by atoms with Crippen molar-refractivity contribution in [3.63, 3.8) is 0 Å². The lowest BCUT2D eigenvalue weighted by molar-refractivity contribution is -0.384. The van der Waals surface area contributed by atoms with E-state index in [1.54, 1.807) is 0 Å². The molecule has 2 aromatic carbocycles. The number of rotatable bonds is 4. The van der Waals surface area contributed by atoms with Crippen molar-refractivity contribution >= 4 is 33.2 Å². The summed E-state index contributed by atoms with van der Waals surface area (Å²) in [7, 11) is -4.19. The molecule has 1 heterocycles. The van der Waals surface area contributed by atoms with E-state index < -0.39 is 50.5 Å². The first-order valence-electron chi connectivity index (χ1n) is 7.11. The highest BCUT2D eigenvalue weighted by Gasteiger charge is 2.41. The van der Waals surface area contributed by atoms with Crippen LogP contribution in [0.1, 0.15) is 10.4 Å². The summed E-state index contributed by atoms with van der Waals surface area (Å²) in [5, 5.41) is 12.8. The summed E-state index contributed by atoms with van der Waals surface area (Å²) in [4.78, 5) is 34.0. The van der Waals surface area contributed by atoms with Crippen molar-refractivity contribution in [1.82, 2.24) is 4.31 Å². The standard InChI is InChI=1S/C15H10FN3O6S/c16-11-6-5-9(19(22)23)7-12(11)17-14(20)8-18-15(21)10-3-1-2-4-13(10)26(18,24)25/h1-7H,8H2,(H,17,20). The van der Waals surface area contributed by atoms with Crippen LogP contribution in [0.3, 0.4) is 0 Å². The quantitative estimate of drug-likeness (QED) is 0.634. The molecule has 1 N–H and O–H groups in total. The number of sulfonamides is 1. The number of nitro groups is 1. The number of anilines is 1. The summed E-state index contributed by atoms with van der Waals surface area (Å²) in [5.74, 6) is -2.84.